The van der Waals surface area contributed by atoms with Crippen molar-refractivity contribution in [3.05, 3.63) is 52.2 Å². The van der Waals surface area contributed by atoms with Crippen LogP contribution in [0, 0.1) is 0 Å². The van der Waals surface area contributed by atoms with Gasteiger partial charge in [0.1, 0.15) is 5.75 Å². The Balaban J connectivity index is 1.52. The van der Waals surface area contributed by atoms with E-state index in [1.165, 1.54) is 16.2 Å². The number of carbonyl (C=O) groups excluding carboxylic acids is 1. The summed E-state index contributed by atoms with van der Waals surface area (Å²) in [7, 11) is 1.61. The quantitative estimate of drug-likeness (QED) is 0.496. The van der Waals surface area contributed by atoms with Crippen LogP contribution in [0.4, 0.5) is 5.13 Å². The summed E-state index contributed by atoms with van der Waals surface area (Å²) in [5.74, 6) is 1.49. The predicted octanol–water partition coefficient (Wildman–Crippen LogP) is 4.08. The fraction of sp³-hybridized carbons (Fsp3) is 0.188. The minimum atomic E-state index is -0.116. The predicted molar refractivity (Wildman–Crippen MR) is 99.1 cm³/mol. The van der Waals surface area contributed by atoms with E-state index in [-0.39, 0.29) is 12.3 Å². The molecular weight excluding hydrogens is 362 g/mol. The number of hydrogen-bond donors (Lipinski definition) is 1. The number of ether oxygens (including phenoxy) is 1. The fourth-order valence-electron chi connectivity index (χ4n) is 1.98. The van der Waals surface area contributed by atoms with Gasteiger partial charge in [-0.25, -0.2) is 0 Å². The number of amides is 1. The highest BCUT2D eigenvalue weighted by molar-refractivity contribution is 8.00. The minimum Gasteiger partial charge on any atom is -0.497 e. The van der Waals surface area contributed by atoms with Crippen molar-refractivity contribution in [2.45, 2.75) is 16.5 Å². The topological polar surface area (TPSA) is 64.1 Å². The molecule has 1 amide bonds. The lowest BCUT2D eigenvalue weighted by Gasteiger charge is -2.04. The smallest absolute Gasteiger partial charge is 0.230 e. The first kappa shape index (κ1) is 16.9. The molecule has 0 fully saturated rings. The summed E-state index contributed by atoms with van der Waals surface area (Å²) in [6.07, 6.45) is 0.272. The molecule has 0 unspecified atom stereocenters. The third-order valence-corrected chi connectivity index (χ3v) is 6.15. The van der Waals surface area contributed by atoms with Crippen molar-refractivity contribution in [2.24, 2.45) is 0 Å². The van der Waals surface area contributed by atoms with E-state index < -0.39 is 0 Å². The molecule has 124 valence electrons. The molecule has 8 heteroatoms. The summed E-state index contributed by atoms with van der Waals surface area (Å²) in [4.78, 5) is 13.4. The van der Waals surface area contributed by atoms with Crippen LogP contribution in [0.1, 0.15) is 10.4 Å². The summed E-state index contributed by atoms with van der Waals surface area (Å²) < 4.78 is 6.01. The van der Waals surface area contributed by atoms with E-state index in [0.717, 1.165) is 21.4 Å². The monoisotopic (exact) mass is 377 g/mol. The number of benzene rings is 1. The molecule has 1 N–H and O–H groups in total. The first-order valence-corrected chi connectivity index (χ1v) is 9.82. The van der Waals surface area contributed by atoms with Crippen LogP contribution in [-0.2, 0) is 17.0 Å². The van der Waals surface area contributed by atoms with Crippen LogP contribution in [-0.4, -0.2) is 23.2 Å². The van der Waals surface area contributed by atoms with Gasteiger partial charge in [-0.2, -0.15) is 0 Å². The van der Waals surface area contributed by atoms with E-state index in [1.807, 2.05) is 30.3 Å². The number of carbonyl (C=O) groups is 1. The molecule has 3 aromatic rings. The molecule has 0 bridgehead atoms. The van der Waals surface area contributed by atoms with Crippen molar-refractivity contribution >= 4 is 45.5 Å². The van der Waals surface area contributed by atoms with Gasteiger partial charge in [0.25, 0.3) is 0 Å². The summed E-state index contributed by atoms with van der Waals surface area (Å²) in [6, 6.07) is 11.6. The molecule has 2 aromatic heterocycles. The van der Waals surface area contributed by atoms with Crippen molar-refractivity contribution in [3.63, 3.8) is 0 Å². The molecule has 0 saturated carbocycles. The van der Waals surface area contributed by atoms with Gasteiger partial charge < -0.3 is 10.1 Å². The molecule has 0 radical (unpaired) electrons. The van der Waals surface area contributed by atoms with Gasteiger partial charge in [-0.05, 0) is 29.1 Å². The van der Waals surface area contributed by atoms with E-state index >= 15 is 0 Å². The van der Waals surface area contributed by atoms with Gasteiger partial charge in [-0.3, -0.25) is 4.79 Å². The van der Waals surface area contributed by atoms with Gasteiger partial charge in [0, 0.05) is 10.6 Å². The van der Waals surface area contributed by atoms with E-state index in [4.69, 9.17) is 4.74 Å². The largest absolute Gasteiger partial charge is 0.497 e. The molecule has 3 rings (SSSR count). The van der Waals surface area contributed by atoms with Crippen LogP contribution >= 0.6 is 34.4 Å². The lowest BCUT2D eigenvalue weighted by atomic mass is 10.1. The van der Waals surface area contributed by atoms with Gasteiger partial charge >= 0.3 is 0 Å². The first-order chi connectivity index (χ1) is 11.7. The summed E-state index contributed by atoms with van der Waals surface area (Å²) in [5.41, 5.74) is 0.892. The van der Waals surface area contributed by atoms with Crippen molar-refractivity contribution in [1.29, 1.82) is 0 Å². The zero-order valence-corrected chi connectivity index (χ0v) is 15.3. The summed E-state index contributed by atoms with van der Waals surface area (Å²) in [5, 5.41) is 13.5. The lowest BCUT2D eigenvalue weighted by molar-refractivity contribution is -0.115. The molecule has 0 aliphatic rings. The number of rotatable bonds is 7. The second-order valence-corrected chi connectivity index (χ2v) is 8.05. The molecule has 24 heavy (non-hydrogen) atoms. The van der Waals surface area contributed by atoms with E-state index in [9.17, 15) is 4.79 Å². The van der Waals surface area contributed by atoms with Crippen LogP contribution in [0.3, 0.4) is 0 Å². The number of anilines is 1. The zero-order chi connectivity index (χ0) is 16.8. The Hall–Kier alpha value is -1.90. The van der Waals surface area contributed by atoms with Crippen molar-refractivity contribution in [3.8, 4) is 5.75 Å². The highest BCUT2D eigenvalue weighted by atomic mass is 32.2. The highest BCUT2D eigenvalue weighted by Crippen LogP contribution is 2.29. The number of nitrogens with one attached hydrogen (secondary N) is 1. The third-order valence-electron chi connectivity index (χ3n) is 3.07. The maximum absolute atomic E-state index is 12.1. The summed E-state index contributed by atoms with van der Waals surface area (Å²) >= 11 is 4.73. The maximum atomic E-state index is 12.1. The molecule has 0 spiro atoms. The van der Waals surface area contributed by atoms with E-state index in [2.05, 4.69) is 27.0 Å². The first-order valence-electron chi connectivity index (χ1n) is 7.14. The molecule has 0 saturated heterocycles. The van der Waals surface area contributed by atoms with Crippen LogP contribution in [0.5, 0.6) is 5.75 Å². The minimum absolute atomic E-state index is 0.116. The molecule has 0 aliphatic carbocycles. The number of thiophene rings is 1. The second-order valence-electron chi connectivity index (χ2n) is 4.82. The molecule has 2 heterocycles. The number of nitrogens with zero attached hydrogens (tertiary/aromatic N) is 2. The molecule has 0 aliphatic heterocycles. The van der Waals surface area contributed by atoms with Crippen molar-refractivity contribution in [1.82, 2.24) is 10.2 Å². The van der Waals surface area contributed by atoms with Gasteiger partial charge in [-0.15, -0.1) is 21.5 Å². The normalized spacial score (nSPS) is 10.5. The Morgan fingerprint density at radius 2 is 2.21 bits per heavy atom. The molecular formula is C16H15N3O2S3. The van der Waals surface area contributed by atoms with Crippen LogP contribution in [0.25, 0.3) is 0 Å². The number of methoxy groups -OCH3 is 1. The van der Waals surface area contributed by atoms with Gasteiger partial charge in [-0.1, -0.05) is 41.3 Å². The zero-order valence-electron chi connectivity index (χ0n) is 12.9. The summed E-state index contributed by atoms with van der Waals surface area (Å²) in [6.45, 7) is 0. The molecule has 0 atom stereocenters. The standard InChI is InChI=1S/C16H15N3O2S3/c1-21-12-5-2-4-11(8-12)9-14(20)17-15-18-19-16(24-15)23-10-13-6-3-7-22-13/h2-8H,9-10H2,1H3,(H,17,18,20). The Morgan fingerprint density at radius 1 is 1.29 bits per heavy atom. The van der Waals surface area contributed by atoms with Crippen LogP contribution < -0.4 is 10.1 Å². The average molecular weight is 378 g/mol. The Labute approximate surface area is 152 Å². The average Bonchev–Trinajstić information content (AvgIpc) is 3.24. The number of hydrogen-bond acceptors (Lipinski definition) is 7. The van der Waals surface area contributed by atoms with Crippen LogP contribution in [0.15, 0.2) is 46.1 Å². The lowest BCUT2D eigenvalue weighted by Crippen LogP contribution is -2.14. The van der Waals surface area contributed by atoms with Crippen molar-refractivity contribution < 1.29 is 9.53 Å². The fourth-order valence-corrected chi connectivity index (χ4v) is 4.52. The SMILES string of the molecule is COc1cccc(CC(=O)Nc2nnc(SCc3cccs3)s2)c1. The Morgan fingerprint density at radius 3 is 3.00 bits per heavy atom. The second kappa shape index (κ2) is 8.27. The van der Waals surface area contributed by atoms with Gasteiger partial charge in [0.2, 0.25) is 11.0 Å². The van der Waals surface area contributed by atoms with Crippen LogP contribution in [0.2, 0.25) is 0 Å². The molecule has 5 nitrogen and oxygen atoms in total. The Kier molecular flexibility index (Phi) is 5.84. The van der Waals surface area contributed by atoms with E-state index in [1.54, 1.807) is 30.2 Å². The van der Waals surface area contributed by atoms with E-state index in [0.29, 0.717) is 5.13 Å². The third kappa shape index (κ3) is 4.80. The highest BCUT2D eigenvalue weighted by Gasteiger charge is 2.10. The maximum Gasteiger partial charge on any atom is 0.230 e. The molecule has 1 aromatic carbocycles. The Bertz CT molecular complexity index is 803. The van der Waals surface area contributed by atoms with Gasteiger partial charge in [0.15, 0.2) is 4.34 Å². The number of aromatic nitrogens is 2. The number of thioether (sulfide) groups is 1. The van der Waals surface area contributed by atoms with Crippen molar-refractivity contribution in [2.75, 3.05) is 12.4 Å². The van der Waals surface area contributed by atoms with Gasteiger partial charge in [0.05, 0.1) is 13.5 Å².